The average molecular weight is 341 g/mol. The number of aromatic nitrogens is 2. The topological polar surface area (TPSA) is 83.8 Å². The van der Waals surface area contributed by atoms with Crippen molar-refractivity contribution in [2.45, 2.75) is 64.5 Å². The van der Waals surface area contributed by atoms with Crippen molar-refractivity contribution in [1.29, 1.82) is 0 Å². The molecule has 2 aliphatic rings. The first-order valence-corrected chi connectivity index (χ1v) is 8.59. The van der Waals surface area contributed by atoms with Crippen LogP contribution in [0.3, 0.4) is 0 Å². The number of amides is 1. The van der Waals surface area contributed by atoms with E-state index in [2.05, 4.69) is 22.4 Å². The molecule has 0 spiro atoms. The van der Waals surface area contributed by atoms with Crippen molar-refractivity contribution in [2.75, 3.05) is 0 Å². The lowest BCUT2D eigenvalue weighted by Gasteiger charge is -2.43. The third-order valence-corrected chi connectivity index (χ3v) is 5.45. The minimum Gasteiger partial charge on any atom is -0.353 e. The van der Waals surface area contributed by atoms with E-state index >= 15 is 0 Å². The monoisotopic (exact) mass is 340 g/mol. The smallest absolute Gasteiger partial charge is 0.223 e. The van der Waals surface area contributed by atoms with Crippen LogP contribution in [0.4, 0.5) is 0 Å². The molecular formula is C17H29ClN4O. The van der Waals surface area contributed by atoms with Crippen LogP contribution in [0.1, 0.15) is 50.4 Å². The van der Waals surface area contributed by atoms with Gasteiger partial charge in [0.25, 0.3) is 0 Å². The molecule has 23 heavy (non-hydrogen) atoms. The lowest BCUT2D eigenvalue weighted by molar-refractivity contribution is -0.128. The van der Waals surface area contributed by atoms with Crippen LogP contribution in [0.2, 0.25) is 0 Å². The highest BCUT2D eigenvalue weighted by molar-refractivity contribution is 5.85. The van der Waals surface area contributed by atoms with Crippen molar-refractivity contribution < 1.29 is 4.79 Å². The van der Waals surface area contributed by atoms with E-state index in [1.165, 1.54) is 19.3 Å². The Bertz CT molecular complexity index is 518. The first kappa shape index (κ1) is 18.3. The minimum atomic E-state index is 0. The van der Waals surface area contributed by atoms with E-state index in [-0.39, 0.29) is 30.3 Å². The highest BCUT2D eigenvalue weighted by Gasteiger charge is 2.40. The van der Waals surface area contributed by atoms with Gasteiger partial charge in [-0.1, -0.05) is 6.42 Å². The number of nitrogens with zero attached hydrogens (tertiary/aromatic N) is 1. The van der Waals surface area contributed by atoms with E-state index in [0.717, 1.165) is 30.7 Å². The van der Waals surface area contributed by atoms with Gasteiger partial charge in [-0.05, 0) is 57.4 Å². The van der Waals surface area contributed by atoms with E-state index < -0.39 is 0 Å². The maximum Gasteiger partial charge on any atom is 0.223 e. The fourth-order valence-corrected chi connectivity index (χ4v) is 4.31. The van der Waals surface area contributed by atoms with Crippen LogP contribution in [-0.4, -0.2) is 28.2 Å². The summed E-state index contributed by atoms with van der Waals surface area (Å²) >= 11 is 0. The van der Waals surface area contributed by atoms with Gasteiger partial charge in [0.1, 0.15) is 0 Å². The second-order valence-electron chi connectivity index (χ2n) is 7.35. The fraction of sp³-hybridized carbons (Fsp3) is 0.765. The number of fused-ring (bicyclic) bond motifs is 2. The molecule has 6 heteroatoms. The van der Waals surface area contributed by atoms with Crippen LogP contribution in [0.25, 0.3) is 0 Å². The lowest BCUT2D eigenvalue weighted by Crippen LogP contribution is -2.50. The van der Waals surface area contributed by atoms with E-state index in [9.17, 15) is 4.79 Å². The van der Waals surface area contributed by atoms with Gasteiger partial charge in [-0.25, -0.2) is 0 Å². The molecule has 0 aromatic carbocycles. The van der Waals surface area contributed by atoms with Crippen LogP contribution < -0.4 is 11.1 Å². The number of rotatable bonds is 4. The maximum atomic E-state index is 12.6. The van der Waals surface area contributed by atoms with Crippen molar-refractivity contribution in [1.82, 2.24) is 15.5 Å². The number of carbonyl (C=O) groups is 1. The quantitative estimate of drug-likeness (QED) is 0.786. The van der Waals surface area contributed by atoms with Crippen molar-refractivity contribution in [3.63, 3.8) is 0 Å². The third kappa shape index (κ3) is 4.27. The van der Waals surface area contributed by atoms with Gasteiger partial charge in [-0.15, -0.1) is 12.4 Å². The van der Waals surface area contributed by atoms with Crippen LogP contribution in [0, 0.1) is 24.7 Å². The second-order valence-corrected chi connectivity index (χ2v) is 7.35. The molecule has 3 unspecified atom stereocenters. The summed E-state index contributed by atoms with van der Waals surface area (Å²) in [4.78, 5) is 12.6. The van der Waals surface area contributed by atoms with E-state index in [1.54, 1.807) is 0 Å². The number of carbonyl (C=O) groups excluding carboxylic acids is 1. The number of H-pyrrole nitrogens is 1. The largest absolute Gasteiger partial charge is 0.353 e. The molecule has 3 rings (SSSR count). The van der Waals surface area contributed by atoms with Gasteiger partial charge < -0.3 is 11.1 Å². The molecule has 0 saturated heterocycles. The summed E-state index contributed by atoms with van der Waals surface area (Å²) in [6.45, 7) is 4.04. The number of nitrogens with one attached hydrogen (secondary N) is 2. The molecular weight excluding hydrogens is 312 g/mol. The molecule has 1 aromatic heterocycles. The first-order valence-electron chi connectivity index (χ1n) is 8.59. The van der Waals surface area contributed by atoms with Crippen molar-refractivity contribution in [3.05, 3.63) is 17.5 Å². The Balaban J connectivity index is 0.00000192. The summed E-state index contributed by atoms with van der Waals surface area (Å²) in [6, 6.07) is 2.47. The predicted molar refractivity (Wildman–Crippen MR) is 93.4 cm³/mol. The van der Waals surface area contributed by atoms with E-state index in [0.29, 0.717) is 17.9 Å². The molecule has 2 bridgehead atoms. The molecule has 1 aromatic rings. The van der Waals surface area contributed by atoms with Crippen LogP contribution in [0.15, 0.2) is 6.07 Å². The normalized spacial score (nSPS) is 31.1. The molecule has 2 saturated carbocycles. The van der Waals surface area contributed by atoms with Gasteiger partial charge in [0.05, 0.1) is 5.69 Å². The van der Waals surface area contributed by atoms with Gasteiger partial charge in [0.15, 0.2) is 0 Å². The number of aromatic amines is 1. The Labute approximate surface area is 144 Å². The lowest BCUT2D eigenvalue weighted by atomic mass is 9.65. The summed E-state index contributed by atoms with van der Waals surface area (Å²) in [7, 11) is 0. The molecule has 0 aliphatic heterocycles. The molecule has 0 radical (unpaired) electrons. The molecule has 130 valence electrons. The van der Waals surface area contributed by atoms with Crippen LogP contribution in [0.5, 0.6) is 0 Å². The van der Waals surface area contributed by atoms with Crippen molar-refractivity contribution in [3.8, 4) is 0 Å². The Morgan fingerprint density at radius 3 is 2.65 bits per heavy atom. The highest BCUT2D eigenvalue weighted by Crippen LogP contribution is 2.41. The predicted octanol–water partition coefficient (Wildman–Crippen LogP) is 2.34. The second kappa shape index (κ2) is 7.67. The summed E-state index contributed by atoms with van der Waals surface area (Å²) in [5.41, 5.74) is 8.37. The standard InChI is InChI=1S/C17H28N4O.ClH/c1-10(6-15-7-11(2)20-21-15)19-17(22)14-8-12-4-3-5-13(9-14)16(12)18;/h7,10,12-14,16H,3-6,8-9,18H2,1-2H3,(H,19,22)(H,20,21);1H. The van der Waals surface area contributed by atoms with Gasteiger partial charge >= 0.3 is 0 Å². The number of nitrogens with two attached hydrogens (primary N) is 1. The summed E-state index contributed by atoms with van der Waals surface area (Å²) < 4.78 is 0. The summed E-state index contributed by atoms with van der Waals surface area (Å²) in [6.07, 6.45) is 6.39. The fourth-order valence-electron chi connectivity index (χ4n) is 4.31. The molecule has 2 aliphatic carbocycles. The Kier molecular flexibility index (Phi) is 6.09. The number of aryl methyl sites for hydroxylation is 1. The molecule has 3 atom stereocenters. The van der Waals surface area contributed by atoms with Crippen molar-refractivity contribution in [2.24, 2.45) is 23.5 Å². The average Bonchev–Trinajstić information content (AvgIpc) is 2.83. The molecule has 1 heterocycles. The zero-order valence-corrected chi connectivity index (χ0v) is 14.9. The SMILES string of the molecule is Cc1cc(CC(C)NC(=O)C2CC3CCCC(C2)C3N)n[nH]1.Cl. The number of hydrogen-bond donors (Lipinski definition) is 3. The minimum absolute atomic E-state index is 0. The number of halogens is 1. The van der Waals surface area contributed by atoms with Gasteiger partial charge in [0.2, 0.25) is 5.91 Å². The molecule has 1 amide bonds. The number of hydrogen-bond acceptors (Lipinski definition) is 3. The summed E-state index contributed by atoms with van der Waals surface area (Å²) in [5.74, 6) is 1.46. The Morgan fingerprint density at radius 1 is 1.43 bits per heavy atom. The van der Waals surface area contributed by atoms with Gasteiger partial charge in [-0.2, -0.15) is 5.10 Å². The zero-order valence-electron chi connectivity index (χ0n) is 14.0. The highest BCUT2D eigenvalue weighted by atomic mass is 35.5. The Hall–Kier alpha value is -1.07. The zero-order chi connectivity index (χ0) is 15.7. The maximum absolute atomic E-state index is 12.6. The van der Waals surface area contributed by atoms with Crippen molar-refractivity contribution >= 4 is 18.3 Å². The third-order valence-electron chi connectivity index (χ3n) is 5.45. The van der Waals surface area contributed by atoms with E-state index in [4.69, 9.17) is 5.73 Å². The van der Waals surface area contributed by atoms with Crippen LogP contribution >= 0.6 is 12.4 Å². The Morgan fingerprint density at radius 2 is 2.09 bits per heavy atom. The molecule has 2 fully saturated rings. The molecule has 5 nitrogen and oxygen atoms in total. The van der Waals surface area contributed by atoms with Gasteiger partial charge in [0, 0.05) is 30.1 Å². The van der Waals surface area contributed by atoms with Gasteiger partial charge in [-0.3, -0.25) is 9.89 Å². The molecule has 4 N–H and O–H groups in total. The summed E-state index contributed by atoms with van der Waals surface area (Å²) in [5, 5.41) is 10.4. The van der Waals surface area contributed by atoms with E-state index in [1.807, 2.05) is 13.0 Å². The first-order chi connectivity index (χ1) is 10.5. The van der Waals surface area contributed by atoms with Crippen LogP contribution in [-0.2, 0) is 11.2 Å².